The standard InChI is InChI=1S/C19H16BrClO/c1-18(14-4-8-17(21)9-5-14)10-12-19(22,13-11-18)15-2-6-16(20)7-3-15/h2-13,22H,1H3. The second-order valence-corrected chi connectivity index (χ2v) is 7.14. The molecule has 0 saturated carbocycles. The fourth-order valence-electron chi connectivity index (χ4n) is 2.62. The Morgan fingerprint density at radius 2 is 1.32 bits per heavy atom. The predicted molar refractivity (Wildman–Crippen MR) is 95.1 cm³/mol. The second kappa shape index (κ2) is 5.69. The summed E-state index contributed by atoms with van der Waals surface area (Å²) < 4.78 is 0.995. The van der Waals surface area contributed by atoms with Gasteiger partial charge in [-0.25, -0.2) is 0 Å². The molecule has 0 fully saturated rings. The zero-order chi connectivity index (χ0) is 15.8. The molecule has 2 aromatic rings. The van der Waals surface area contributed by atoms with E-state index >= 15 is 0 Å². The SMILES string of the molecule is CC1(c2ccc(Cl)cc2)C=CC(O)(c2ccc(Br)cc2)C=C1. The Bertz CT molecular complexity index is 652. The molecule has 0 radical (unpaired) electrons. The van der Waals surface area contributed by atoms with Crippen LogP contribution in [0.15, 0.2) is 77.3 Å². The largest absolute Gasteiger partial charge is 0.377 e. The Balaban J connectivity index is 1.92. The highest BCUT2D eigenvalue weighted by Crippen LogP contribution is 2.37. The molecule has 1 aliphatic rings. The Morgan fingerprint density at radius 3 is 1.86 bits per heavy atom. The normalized spacial score (nSPS) is 27.1. The molecule has 0 aliphatic heterocycles. The molecule has 22 heavy (non-hydrogen) atoms. The number of allylic oxidation sites excluding steroid dienone is 2. The van der Waals surface area contributed by atoms with E-state index in [-0.39, 0.29) is 5.41 Å². The van der Waals surface area contributed by atoms with Gasteiger partial charge in [-0.3, -0.25) is 0 Å². The van der Waals surface area contributed by atoms with E-state index in [2.05, 4.69) is 22.9 Å². The van der Waals surface area contributed by atoms with Crippen molar-refractivity contribution in [3.63, 3.8) is 0 Å². The van der Waals surface area contributed by atoms with Crippen LogP contribution in [0.4, 0.5) is 0 Å². The molecule has 0 atom stereocenters. The second-order valence-electron chi connectivity index (χ2n) is 5.79. The van der Waals surface area contributed by atoms with Gasteiger partial charge in [-0.2, -0.15) is 0 Å². The monoisotopic (exact) mass is 374 g/mol. The number of hydrogen-bond donors (Lipinski definition) is 1. The highest BCUT2D eigenvalue weighted by atomic mass is 79.9. The first-order valence-corrected chi connectivity index (χ1v) is 8.24. The quantitative estimate of drug-likeness (QED) is 0.699. The summed E-state index contributed by atoms with van der Waals surface area (Å²) in [7, 11) is 0. The van der Waals surface area contributed by atoms with E-state index in [1.165, 1.54) is 0 Å². The van der Waals surface area contributed by atoms with Gasteiger partial charge >= 0.3 is 0 Å². The van der Waals surface area contributed by atoms with Gasteiger partial charge in [0, 0.05) is 14.9 Å². The molecule has 0 heterocycles. The molecule has 112 valence electrons. The first-order valence-electron chi connectivity index (χ1n) is 7.07. The van der Waals surface area contributed by atoms with Crippen LogP contribution in [0.5, 0.6) is 0 Å². The maximum absolute atomic E-state index is 10.8. The van der Waals surface area contributed by atoms with Gasteiger partial charge in [0.1, 0.15) is 5.60 Å². The molecule has 1 nitrogen and oxygen atoms in total. The number of rotatable bonds is 2. The van der Waals surface area contributed by atoms with Crippen molar-refractivity contribution in [2.75, 3.05) is 0 Å². The average molecular weight is 376 g/mol. The molecule has 2 aromatic carbocycles. The molecular formula is C19H16BrClO. The van der Waals surface area contributed by atoms with Crippen LogP contribution in [0.3, 0.4) is 0 Å². The predicted octanol–water partition coefficient (Wildman–Crippen LogP) is 5.37. The van der Waals surface area contributed by atoms with Gasteiger partial charge in [-0.15, -0.1) is 0 Å². The van der Waals surface area contributed by atoms with Crippen molar-refractivity contribution >= 4 is 27.5 Å². The molecule has 0 unspecified atom stereocenters. The summed E-state index contributed by atoms with van der Waals surface area (Å²) in [5, 5.41) is 11.6. The summed E-state index contributed by atoms with van der Waals surface area (Å²) in [4.78, 5) is 0. The minimum absolute atomic E-state index is 0.244. The lowest BCUT2D eigenvalue weighted by atomic mass is 9.75. The molecule has 3 rings (SSSR count). The zero-order valence-corrected chi connectivity index (χ0v) is 14.5. The summed E-state index contributed by atoms with van der Waals surface area (Å²) in [6, 6.07) is 15.5. The fourth-order valence-corrected chi connectivity index (χ4v) is 3.01. The van der Waals surface area contributed by atoms with E-state index in [0.717, 1.165) is 20.6 Å². The van der Waals surface area contributed by atoms with Crippen molar-refractivity contribution < 1.29 is 5.11 Å². The van der Waals surface area contributed by atoms with Crippen LogP contribution < -0.4 is 0 Å². The van der Waals surface area contributed by atoms with Crippen LogP contribution in [-0.4, -0.2) is 5.11 Å². The van der Waals surface area contributed by atoms with Crippen molar-refractivity contribution in [1.29, 1.82) is 0 Å². The van der Waals surface area contributed by atoms with E-state index in [0.29, 0.717) is 0 Å². The van der Waals surface area contributed by atoms with Crippen molar-refractivity contribution in [2.24, 2.45) is 0 Å². The van der Waals surface area contributed by atoms with Gasteiger partial charge in [-0.05, 0) is 54.5 Å². The van der Waals surface area contributed by atoms with Gasteiger partial charge in [-0.1, -0.05) is 63.9 Å². The van der Waals surface area contributed by atoms with Crippen LogP contribution in [0.25, 0.3) is 0 Å². The van der Waals surface area contributed by atoms with Crippen LogP contribution >= 0.6 is 27.5 Å². The summed E-state index contributed by atoms with van der Waals surface area (Å²) in [5.74, 6) is 0. The minimum atomic E-state index is -1.06. The van der Waals surface area contributed by atoms with Gasteiger partial charge in [0.2, 0.25) is 0 Å². The molecule has 1 N–H and O–H groups in total. The topological polar surface area (TPSA) is 20.2 Å². The highest BCUT2D eigenvalue weighted by molar-refractivity contribution is 9.10. The first-order chi connectivity index (χ1) is 10.4. The van der Waals surface area contributed by atoms with Gasteiger partial charge < -0.3 is 5.11 Å². The lowest BCUT2D eigenvalue weighted by Crippen LogP contribution is -2.28. The lowest BCUT2D eigenvalue weighted by molar-refractivity contribution is 0.139. The zero-order valence-electron chi connectivity index (χ0n) is 12.1. The van der Waals surface area contributed by atoms with Crippen LogP contribution in [-0.2, 0) is 11.0 Å². The van der Waals surface area contributed by atoms with Crippen molar-refractivity contribution in [2.45, 2.75) is 17.9 Å². The third-order valence-corrected chi connectivity index (χ3v) is 4.92. The Morgan fingerprint density at radius 1 is 0.818 bits per heavy atom. The molecule has 0 saturated heterocycles. The molecule has 0 aromatic heterocycles. The summed E-state index contributed by atoms with van der Waals surface area (Å²) in [6.07, 6.45) is 7.78. The van der Waals surface area contributed by atoms with Crippen LogP contribution in [0, 0.1) is 0 Å². The number of hydrogen-bond acceptors (Lipinski definition) is 1. The summed E-state index contributed by atoms with van der Waals surface area (Å²) in [6.45, 7) is 2.12. The third-order valence-electron chi connectivity index (χ3n) is 4.14. The molecular weight excluding hydrogens is 360 g/mol. The molecule has 0 spiro atoms. The Hall–Kier alpha value is -1.35. The fraction of sp³-hybridized carbons (Fsp3) is 0.158. The van der Waals surface area contributed by atoms with Gasteiger partial charge in [0.25, 0.3) is 0 Å². The average Bonchev–Trinajstić information content (AvgIpc) is 2.52. The van der Waals surface area contributed by atoms with Gasteiger partial charge in [0.05, 0.1) is 0 Å². The first kappa shape index (κ1) is 15.5. The maximum atomic E-state index is 10.8. The van der Waals surface area contributed by atoms with Crippen molar-refractivity contribution in [3.05, 3.63) is 93.5 Å². The lowest BCUT2D eigenvalue weighted by Gasteiger charge is -2.32. The van der Waals surface area contributed by atoms with Crippen LogP contribution in [0.2, 0.25) is 5.02 Å². The molecule has 3 heteroatoms. The van der Waals surface area contributed by atoms with E-state index < -0.39 is 5.60 Å². The summed E-state index contributed by atoms with van der Waals surface area (Å²) >= 11 is 9.37. The number of aliphatic hydroxyl groups is 1. The highest BCUT2D eigenvalue weighted by Gasteiger charge is 2.31. The molecule has 1 aliphatic carbocycles. The van der Waals surface area contributed by atoms with E-state index in [1.807, 2.05) is 72.8 Å². The van der Waals surface area contributed by atoms with E-state index in [1.54, 1.807) is 0 Å². The van der Waals surface area contributed by atoms with Gasteiger partial charge in [0.15, 0.2) is 0 Å². The summed E-state index contributed by atoms with van der Waals surface area (Å²) in [5.41, 5.74) is 0.683. The smallest absolute Gasteiger partial charge is 0.126 e. The van der Waals surface area contributed by atoms with Crippen LogP contribution in [0.1, 0.15) is 18.1 Å². The number of halogens is 2. The Kier molecular flexibility index (Phi) is 4.02. The maximum Gasteiger partial charge on any atom is 0.126 e. The third kappa shape index (κ3) is 2.91. The molecule has 0 amide bonds. The number of benzene rings is 2. The van der Waals surface area contributed by atoms with E-state index in [9.17, 15) is 5.11 Å². The van der Waals surface area contributed by atoms with Crippen molar-refractivity contribution in [1.82, 2.24) is 0 Å². The van der Waals surface area contributed by atoms with E-state index in [4.69, 9.17) is 11.6 Å². The molecule has 0 bridgehead atoms. The minimum Gasteiger partial charge on any atom is -0.377 e. The Labute approximate surface area is 144 Å². The van der Waals surface area contributed by atoms with Crippen molar-refractivity contribution in [3.8, 4) is 0 Å².